The van der Waals surface area contributed by atoms with Crippen molar-refractivity contribution in [1.29, 1.82) is 0 Å². The topological polar surface area (TPSA) is 29.5 Å². The molecule has 0 amide bonds. The summed E-state index contributed by atoms with van der Waals surface area (Å²) in [5.41, 5.74) is 0.269. The van der Waals surface area contributed by atoms with Crippen LogP contribution in [-0.2, 0) is 4.74 Å². The molecule has 2 heteroatoms. The van der Waals surface area contributed by atoms with Gasteiger partial charge in [-0.25, -0.2) is 0 Å². The van der Waals surface area contributed by atoms with E-state index in [0.717, 1.165) is 6.42 Å². The highest BCUT2D eigenvalue weighted by molar-refractivity contribution is 5.00. The molecule has 0 bridgehead atoms. The van der Waals surface area contributed by atoms with Gasteiger partial charge in [-0.2, -0.15) is 0 Å². The Hall–Kier alpha value is -0.0800. The molecular weight excluding hydrogens is 236 g/mol. The summed E-state index contributed by atoms with van der Waals surface area (Å²) in [6.45, 7) is 19.8. The molecule has 0 saturated carbocycles. The van der Waals surface area contributed by atoms with Crippen LogP contribution in [0.2, 0.25) is 0 Å². The Kier molecular flexibility index (Phi) is 4.50. The van der Waals surface area contributed by atoms with Crippen molar-refractivity contribution < 1.29 is 9.84 Å². The largest absolute Gasteiger partial charge is 0.390 e. The monoisotopic (exact) mass is 270 g/mol. The van der Waals surface area contributed by atoms with Crippen molar-refractivity contribution in [1.82, 2.24) is 0 Å². The number of hydrogen-bond donors (Lipinski definition) is 1. The molecule has 2 nitrogen and oxygen atoms in total. The number of ether oxygens (including phenoxy) is 1. The van der Waals surface area contributed by atoms with Gasteiger partial charge in [-0.1, -0.05) is 62.3 Å². The van der Waals surface area contributed by atoms with Crippen molar-refractivity contribution in [2.45, 2.75) is 87.0 Å². The SMILES string of the molecule is CC(C)(C)C[C@H]1O[C@@H](C(C)(C)C)C(O)[C@H]1C(C)(C)C. The predicted molar refractivity (Wildman–Crippen MR) is 81.1 cm³/mol. The van der Waals surface area contributed by atoms with E-state index in [1.807, 2.05) is 0 Å². The molecule has 1 N–H and O–H groups in total. The molecule has 1 rings (SSSR count). The van der Waals surface area contributed by atoms with Crippen LogP contribution in [0.3, 0.4) is 0 Å². The Labute approximate surface area is 119 Å². The van der Waals surface area contributed by atoms with E-state index in [1.54, 1.807) is 0 Å². The fourth-order valence-electron chi connectivity index (χ4n) is 3.33. The third kappa shape index (κ3) is 4.19. The molecule has 114 valence electrons. The minimum Gasteiger partial charge on any atom is -0.390 e. The summed E-state index contributed by atoms with van der Waals surface area (Å²) in [6, 6.07) is 0. The van der Waals surface area contributed by atoms with Gasteiger partial charge < -0.3 is 9.84 Å². The van der Waals surface area contributed by atoms with Crippen LogP contribution in [-0.4, -0.2) is 23.4 Å². The molecule has 1 heterocycles. The molecule has 0 aromatic carbocycles. The molecule has 1 fully saturated rings. The van der Waals surface area contributed by atoms with Gasteiger partial charge in [0.25, 0.3) is 0 Å². The average molecular weight is 270 g/mol. The summed E-state index contributed by atoms with van der Waals surface area (Å²) in [4.78, 5) is 0. The van der Waals surface area contributed by atoms with Crippen LogP contribution >= 0.6 is 0 Å². The zero-order valence-electron chi connectivity index (χ0n) is 14.4. The number of rotatable bonds is 1. The van der Waals surface area contributed by atoms with Crippen LogP contribution in [0.1, 0.15) is 68.7 Å². The summed E-state index contributed by atoms with van der Waals surface area (Å²) in [5.74, 6) is 0.205. The van der Waals surface area contributed by atoms with E-state index in [0.29, 0.717) is 0 Å². The maximum atomic E-state index is 10.8. The molecule has 0 spiro atoms. The van der Waals surface area contributed by atoms with E-state index >= 15 is 0 Å². The summed E-state index contributed by atoms with van der Waals surface area (Å²) < 4.78 is 6.30. The Bertz CT molecular complexity index is 301. The Morgan fingerprint density at radius 1 is 0.842 bits per heavy atom. The summed E-state index contributed by atoms with van der Waals surface area (Å²) >= 11 is 0. The molecule has 1 aliphatic heterocycles. The van der Waals surface area contributed by atoms with Crippen LogP contribution in [0.15, 0.2) is 0 Å². The highest BCUT2D eigenvalue weighted by Gasteiger charge is 2.52. The van der Waals surface area contributed by atoms with Gasteiger partial charge in [0.05, 0.1) is 18.3 Å². The molecule has 0 radical (unpaired) electrons. The molecule has 0 aromatic heterocycles. The van der Waals surface area contributed by atoms with Crippen molar-refractivity contribution in [2.24, 2.45) is 22.2 Å². The molecule has 1 unspecified atom stereocenters. The summed E-state index contributed by atoms with van der Waals surface area (Å²) in [5, 5.41) is 10.8. The normalized spacial score (nSPS) is 33.8. The summed E-state index contributed by atoms with van der Waals surface area (Å²) in [7, 11) is 0. The van der Waals surface area contributed by atoms with E-state index in [-0.39, 0.29) is 40.5 Å². The van der Waals surface area contributed by atoms with Crippen molar-refractivity contribution in [3.63, 3.8) is 0 Å². The second-order valence-corrected chi connectivity index (χ2v) is 9.61. The molecule has 4 atom stereocenters. The highest BCUT2D eigenvalue weighted by atomic mass is 16.5. The molecule has 1 saturated heterocycles. The van der Waals surface area contributed by atoms with E-state index in [4.69, 9.17) is 4.74 Å². The van der Waals surface area contributed by atoms with Gasteiger partial charge in [0.2, 0.25) is 0 Å². The predicted octanol–water partition coefficient (Wildman–Crippen LogP) is 4.26. The van der Waals surface area contributed by atoms with Crippen LogP contribution in [0.25, 0.3) is 0 Å². The fraction of sp³-hybridized carbons (Fsp3) is 1.00. The van der Waals surface area contributed by atoms with Crippen LogP contribution in [0, 0.1) is 22.2 Å². The average Bonchev–Trinajstić information content (AvgIpc) is 2.36. The highest BCUT2D eigenvalue weighted by Crippen LogP contribution is 2.47. The number of aliphatic hydroxyl groups excluding tert-OH is 1. The first kappa shape index (κ1) is 17.0. The van der Waals surface area contributed by atoms with Crippen molar-refractivity contribution >= 4 is 0 Å². The van der Waals surface area contributed by atoms with E-state index in [9.17, 15) is 5.11 Å². The minimum absolute atomic E-state index is 0.0183. The maximum Gasteiger partial charge on any atom is 0.0889 e. The Balaban J connectivity index is 3.02. The second kappa shape index (κ2) is 5.04. The number of aliphatic hydroxyl groups is 1. The van der Waals surface area contributed by atoms with E-state index < -0.39 is 0 Å². The van der Waals surface area contributed by atoms with Crippen molar-refractivity contribution in [3.8, 4) is 0 Å². The van der Waals surface area contributed by atoms with Crippen LogP contribution in [0.4, 0.5) is 0 Å². The zero-order chi connectivity index (χ0) is 15.2. The standard InChI is InChI=1S/C17H34O2/c1-15(2,3)10-11-12(16(4,5)6)13(18)14(19-11)17(7,8)9/h11-14,18H,10H2,1-9H3/t11-,12+,13?,14-/m1/s1. The molecule has 0 aliphatic carbocycles. The molecule has 1 aliphatic rings. The van der Waals surface area contributed by atoms with Gasteiger partial charge in [-0.15, -0.1) is 0 Å². The van der Waals surface area contributed by atoms with Crippen LogP contribution < -0.4 is 0 Å². The quantitative estimate of drug-likeness (QED) is 0.771. The van der Waals surface area contributed by atoms with Gasteiger partial charge in [0, 0.05) is 5.92 Å². The van der Waals surface area contributed by atoms with E-state index in [1.165, 1.54) is 0 Å². The minimum atomic E-state index is -0.368. The van der Waals surface area contributed by atoms with Gasteiger partial charge >= 0.3 is 0 Å². The van der Waals surface area contributed by atoms with Gasteiger partial charge in [0.1, 0.15) is 0 Å². The first-order valence-electron chi connectivity index (χ1n) is 7.57. The number of hydrogen-bond acceptors (Lipinski definition) is 2. The lowest BCUT2D eigenvalue weighted by molar-refractivity contribution is -0.0597. The smallest absolute Gasteiger partial charge is 0.0889 e. The van der Waals surface area contributed by atoms with Crippen molar-refractivity contribution in [2.75, 3.05) is 0 Å². The fourth-order valence-corrected chi connectivity index (χ4v) is 3.33. The van der Waals surface area contributed by atoms with E-state index in [2.05, 4.69) is 62.3 Å². The lowest BCUT2D eigenvalue weighted by atomic mass is 9.69. The lowest BCUT2D eigenvalue weighted by Gasteiger charge is -2.36. The first-order chi connectivity index (χ1) is 8.23. The maximum absolute atomic E-state index is 10.8. The summed E-state index contributed by atoms with van der Waals surface area (Å²) in [6.07, 6.45) is 0.717. The molecule has 19 heavy (non-hydrogen) atoms. The van der Waals surface area contributed by atoms with Crippen molar-refractivity contribution in [3.05, 3.63) is 0 Å². The van der Waals surface area contributed by atoms with Gasteiger partial charge in [-0.05, 0) is 22.7 Å². The van der Waals surface area contributed by atoms with Gasteiger partial charge in [0.15, 0.2) is 0 Å². The molecule has 0 aromatic rings. The van der Waals surface area contributed by atoms with Gasteiger partial charge in [-0.3, -0.25) is 0 Å². The molecular formula is C17H34O2. The second-order valence-electron chi connectivity index (χ2n) is 9.61. The third-order valence-electron chi connectivity index (χ3n) is 4.07. The third-order valence-corrected chi connectivity index (χ3v) is 4.07. The van der Waals surface area contributed by atoms with Crippen LogP contribution in [0.5, 0.6) is 0 Å². The Morgan fingerprint density at radius 2 is 1.32 bits per heavy atom. The first-order valence-corrected chi connectivity index (χ1v) is 7.57. The Morgan fingerprint density at radius 3 is 1.63 bits per heavy atom. The lowest BCUT2D eigenvalue weighted by Crippen LogP contribution is -2.41. The zero-order valence-corrected chi connectivity index (χ0v) is 14.4.